The van der Waals surface area contributed by atoms with Crippen molar-refractivity contribution in [2.75, 3.05) is 13.2 Å². The summed E-state index contributed by atoms with van der Waals surface area (Å²) in [7, 11) is 0. The van der Waals surface area contributed by atoms with E-state index < -0.39 is 5.97 Å². The van der Waals surface area contributed by atoms with Gasteiger partial charge < -0.3 is 14.2 Å². The monoisotopic (exact) mass is 656 g/mol. The van der Waals surface area contributed by atoms with Crippen LogP contribution in [0.2, 0.25) is 0 Å². The van der Waals surface area contributed by atoms with Crippen molar-refractivity contribution in [3.63, 3.8) is 0 Å². The summed E-state index contributed by atoms with van der Waals surface area (Å²) in [4.78, 5) is 25.1. The van der Waals surface area contributed by atoms with E-state index in [1.54, 1.807) is 60.7 Å². The van der Waals surface area contributed by atoms with E-state index in [2.05, 4.69) is 24.4 Å². The Morgan fingerprint density at radius 1 is 0.542 bits per heavy atom. The van der Waals surface area contributed by atoms with Gasteiger partial charge in [0.1, 0.15) is 17.2 Å². The molecule has 1 amide bonds. The molecule has 0 heterocycles. The number of nitrogens with one attached hydrogen (secondary N) is 1. The van der Waals surface area contributed by atoms with E-state index in [0.717, 1.165) is 29.9 Å². The Hall–Kier alpha value is -4.13. The third kappa shape index (κ3) is 16.1. The van der Waals surface area contributed by atoms with Crippen molar-refractivity contribution >= 4 is 18.1 Å². The first kappa shape index (κ1) is 38.3. The van der Waals surface area contributed by atoms with Gasteiger partial charge in [-0.2, -0.15) is 5.10 Å². The minimum Gasteiger partial charge on any atom is -0.494 e. The molecule has 0 aliphatic carbocycles. The molecule has 7 nitrogen and oxygen atoms in total. The second-order valence-electron chi connectivity index (χ2n) is 12.4. The second-order valence-corrected chi connectivity index (χ2v) is 12.4. The number of benzene rings is 3. The van der Waals surface area contributed by atoms with Gasteiger partial charge >= 0.3 is 5.97 Å². The van der Waals surface area contributed by atoms with Crippen molar-refractivity contribution in [1.29, 1.82) is 0 Å². The van der Waals surface area contributed by atoms with Gasteiger partial charge in [-0.1, -0.05) is 104 Å². The largest absolute Gasteiger partial charge is 0.494 e. The Balaban J connectivity index is 1.30. The molecule has 3 rings (SSSR count). The van der Waals surface area contributed by atoms with Crippen LogP contribution in [0, 0.1) is 0 Å². The molecule has 0 spiro atoms. The van der Waals surface area contributed by atoms with Gasteiger partial charge in [-0.3, -0.25) is 4.79 Å². The average Bonchev–Trinajstić information content (AvgIpc) is 3.11. The number of carbonyl (C=O) groups excluding carboxylic acids is 2. The number of carbonyl (C=O) groups is 2. The fourth-order valence-corrected chi connectivity index (χ4v) is 5.26. The highest BCUT2D eigenvalue weighted by Crippen LogP contribution is 2.18. The van der Waals surface area contributed by atoms with Crippen molar-refractivity contribution in [3.8, 4) is 17.2 Å². The predicted molar refractivity (Wildman–Crippen MR) is 196 cm³/mol. The zero-order valence-electron chi connectivity index (χ0n) is 29.2. The number of esters is 1. The third-order valence-electron chi connectivity index (χ3n) is 8.21. The van der Waals surface area contributed by atoms with Crippen LogP contribution in [0.1, 0.15) is 143 Å². The molecular formula is C41H56N2O5. The first-order valence-corrected chi connectivity index (χ1v) is 18.2. The van der Waals surface area contributed by atoms with Gasteiger partial charge in [-0.05, 0) is 91.2 Å². The number of unbranched alkanes of at least 4 members (excludes halogenated alkanes) is 14. The van der Waals surface area contributed by atoms with Crippen molar-refractivity contribution < 1.29 is 23.8 Å². The van der Waals surface area contributed by atoms with Crippen LogP contribution in [0.25, 0.3) is 0 Å². The van der Waals surface area contributed by atoms with Crippen LogP contribution < -0.4 is 19.6 Å². The van der Waals surface area contributed by atoms with Crippen molar-refractivity contribution in [2.24, 2.45) is 5.10 Å². The summed E-state index contributed by atoms with van der Waals surface area (Å²) in [5, 5.41) is 4.06. The van der Waals surface area contributed by atoms with Crippen LogP contribution in [-0.4, -0.2) is 31.3 Å². The SMILES string of the molecule is CCCCCCCCCCOc1ccc(C(=O)N/N=C/c2ccc(OC(=O)c3ccc(OCCCCCCCCCC)cc3)cc2)cc1. The Kier molecular flexibility index (Phi) is 19.2. The minimum atomic E-state index is -0.442. The lowest BCUT2D eigenvalue weighted by molar-refractivity contribution is 0.0734. The molecule has 0 saturated heterocycles. The highest BCUT2D eigenvalue weighted by Gasteiger charge is 2.09. The number of nitrogens with zero attached hydrogens (tertiary/aromatic N) is 1. The van der Waals surface area contributed by atoms with Crippen molar-refractivity contribution in [1.82, 2.24) is 5.43 Å². The predicted octanol–water partition coefficient (Wildman–Crippen LogP) is 10.7. The van der Waals surface area contributed by atoms with Gasteiger partial charge in [0, 0.05) is 5.56 Å². The molecule has 0 aromatic heterocycles. The number of hydrogen-bond acceptors (Lipinski definition) is 6. The lowest BCUT2D eigenvalue weighted by atomic mass is 10.1. The quantitative estimate of drug-likeness (QED) is 0.0322. The molecule has 3 aromatic carbocycles. The lowest BCUT2D eigenvalue weighted by Crippen LogP contribution is -2.17. The molecule has 7 heteroatoms. The Morgan fingerprint density at radius 2 is 0.958 bits per heavy atom. The fraction of sp³-hybridized carbons (Fsp3) is 0.488. The minimum absolute atomic E-state index is 0.309. The molecule has 260 valence electrons. The van der Waals surface area contributed by atoms with Crippen molar-refractivity contribution in [2.45, 2.75) is 117 Å². The lowest BCUT2D eigenvalue weighted by Gasteiger charge is -2.08. The van der Waals surface area contributed by atoms with E-state index in [0.29, 0.717) is 30.1 Å². The molecule has 0 radical (unpaired) electrons. The molecule has 0 aliphatic rings. The van der Waals surface area contributed by atoms with Crippen LogP contribution >= 0.6 is 0 Å². The average molecular weight is 657 g/mol. The Morgan fingerprint density at radius 3 is 1.44 bits per heavy atom. The van der Waals surface area contributed by atoms with E-state index >= 15 is 0 Å². The first-order valence-electron chi connectivity index (χ1n) is 18.2. The van der Waals surface area contributed by atoms with E-state index in [9.17, 15) is 9.59 Å². The van der Waals surface area contributed by atoms with E-state index in [1.807, 2.05) is 12.1 Å². The van der Waals surface area contributed by atoms with Gasteiger partial charge in [0.25, 0.3) is 5.91 Å². The summed E-state index contributed by atoms with van der Waals surface area (Å²) < 4.78 is 17.2. The van der Waals surface area contributed by atoms with Gasteiger partial charge in [0.05, 0.1) is 25.0 Å². The second kappa shape index (κ2) is 24.1. The van der Waals surface area contributed by atoms with Crippen LogP contribution in [0.15, 0.2) is 77.9 Å². The summed E-state index contributed by atoms with van der Waals surface area (Å²) in [6.45, 7) is 5.85. The molecule has 0 saturated carbocycles. The van der Waals surface area contributed by atoms with Crippen molar-refractivity contribution in [3.05, 3.63) is 89.5 Å². The maximum atomic E-state index is 12.6. The van der Waals surface area contributed by atoms with Crippen LogP contribution in [0.5, 0.6) is 17.2 Å². The van der Waals surface area contributed by atoms with E-state index in [-0.39, 0.29) is 5.91 Å². The smallest absolute Gasteiger partial charge is 0.343 e. The summed E-state index contributed by atoms with van der Waals surface area (Å²) in [6, 6.07) is 21.0. The van der Waals surface area contributed by atoms with Crippen LogP contribution in [0.4, 0.5) is 0 Å². The maximum Gasteiger partial charge on any atom is 0.343 e. The molecular weight excluding hydrogens is 600 g/mol. The molecule has 48 heavy (non-hydrogen) atoms. The summed E-state index contributed by atoms with van der Waals surface area (Å²) in [5.41, 5.74) is 4.24. The van der Waals surface area contributed by atoms with Gasteiger partial charge in [0.2, 0.25) is 0 Å². The zero-order chi connectivity index (χ0) is 34.1. The highest BCUT2D eigenvalue weighted by atomic mass is 16.5. The number of hydrazone groups is 1. The maximum absolute atomic E-state index is 12.6. The Bertz CT molecular complexity index is 1320. The zero-order valence-corrected chi connectivity index (χ0v) is 29.2. The number of hydrogen-bond donors (Lipinski definition) is 1. The number of ether oxygens (including phenoxy) is 3. The van der Waals surface area contributed by atoms with Crippen LogP contribution in [0.3, 0.4) is 0 Å². The molecule has 0 bridgehead atoms. The molecule has 0 aliphatic heterocycles. The first-order chi connectivity index (χ1) is 23.6. The van der Waals surface area contributed by atoms with E-state index in [1.165, 1.54) is 96.1 Å². The summed E-state index contributed by atoms with van der Waals surface area (Å²) in [5.74, 6) is 1.18. The molecule has 1 N–H and O–H groups in total. The highest BCUT2D eigenvalue weighted by molar-refractivity contribution is 5.95. The van der Waals surface area contributed by atoms with Gasteiger partial charge in [-0.25, -0.2) is 10.2 Å². The standard InChI is InChI=1S/C41H56N2O5/c1-3-5-7-9-11-13-15-17-31-46-37-27-21-35(22-28-37)40(44)43-42-33-34-19-25-39(26-20-34)48-41(45)36-23-29-38(30-24-36)47-32-18-16-14-12-10-8-6-4-2/h19-30,33H,3-18,31-32H2,1-2H3,(H,43,44)/b42-33+. The molecule has 0 unspecified atom stereocenters. The Labute approximate surface area is 288 Å². The molecule has 0 atom stereocenters. The fourth-order valence-electron chi connectivity index (χ4n) is 5.26. The van der Waals surface area contributed by atoms with Crippen LogP contribution in [-0.2, 0) is 0 Å². The van der Waals surface area contributed by atoms with E-state index in [4.69, 9.17) is 14.2 Å². The molecule has 3 aromatic rings. The normalized spacial score (nSPS) is 11.0. The number of rotatable bonds is 25. The number of amides is 1. The van der Waals surface area contributed by atoms with Gasteiger partial charge in [-0.15, -0.1) is 0 Å². The summed E-state index contributed by atoms with van der Waals surface area (Å²) in [6.07, 6.45) is 21.7. The topological polar surface area (TPSA) is 86.2 Å². The molecule has 0 fully saturated rings. The summed E-state index contributed by atoms with van der Waals surface area (Å²) >= 11 is 0. The van der Waals surface area contributed by atoms with Gasteiger partial charge in [0.15, 0.2) is 0 Å². The third-order valence-corrected chi connectivity index (χ3v) is 8.21.